The molecule has 1 unspecified atom stereocenters. The van der Waals surface area contributed by atoms with Crippen molar-refractivity contribution in [1.82, 2.24) is 14.7 Å². The number of carboxylic acid groups (broad SMARTS) is 1. The molecule has 1 aromatic heterocycles. The molecule has 0 aliphatic heterocycles. The van der Waals surface area contributed by atoms with Crippen LogP contribution in [0.25, 0.3) is 0 Å². The fourth-order valence-corrected chi connectivity index (χ4v) is 2.47. The molecule has 1 aliphatic rings. The van der Waals surface area contributed by atoms with Crippen molar-refractivity contribution in [2.45, 2.75) is 52.6 Å². The van der Waals surface area contributed by atoms with Crippen molar-refractivity contribution in [2.24, 2.45) is 5.92 Å². The summed E-state index contributed by atoms with van der Waals surface area (Å²) in [5.74, 6) is -1.53. The van der Waals surface area contributed by atoms with Crippen LogP contribution in [0, 0.1) is 12.8 Å². The Kier molecular flexibility index (Phi) is 4.34. The first-order valence-electron chi connectivity index (χ1n) is 7.40. The van der Waals surface area contributed by atoms with E-state index in [9.17, 15) is 9.59 Å². The van der Waals surface area contributed by atoms with Crippen LogP contribution in [0.2, 0.25) is 0 Å². The highest BCUT2D eigenvalue weighted by atomic mass is 16.4. The number of carboxylic acids is 1. The van der Waals surface area contributed by atoms with E-state index in [0.29, 0.717) is 5.56 Å². The van der Waals surface area contributed by atoms with E-state index in [-0.39, 0.29) is 24.5 Å². The molecular weight excluding hydrogens is 270 g/mol. The van der Waals surface area contributed by atoms with E-state index in [2.05, 4.69) is 5.10 Å². The van der Waals surface area contributed by atoms with Crippen molar-refractivity contribution in [3.05, 3.63) is 17.5 Å². The number of carbonyl (C=O) groups excluding carboxylic acids is 1. The van der Waals surface area contributed by atoms with E-state index in [1.165, 1.54) is 0 Å². The molecular formula is C15H23N3O3. The number of amides is 1. The molecule has 21 heavy (non-hydrogen) atoms. The largest absolute Gasteiger partial charge is 0.481 e. The van der Waals surface area contributed by atoms with Gasteiger partial charge in [-0.15, -0.1) is 0 Å². The maximum absolute atomic E-state index is 12.7. The van der Waals surface area contributed by atoms with E-state index in [4.69, 9.17) is 5.11 Å². The van der Waals surface area contributed by atoms with Crippen molar-refractivity contribution < 1.29 is 14.7 Å². The Hall–Kier alpha value is -1.85. The Bertz CT molecular complexity index is 546. The topological polar surface area (TPSA) is 75.4 Å². The molecule has 116 valence electrons. The van der Waals surface area contributed by atoms with Gasteiger partial charge < -0.3 is 10.0 Å². The Balaban J connectivity index is 2.21. The van der Waals surface area contributed by atoms with Crippen LogP contribution in [0.15, 0.2) is 6.20 Å². The second kappa shape index (κ2) is 5.87. The van der Waals surface area contributed by atoms with Crippen LogP contribution >= 0.6 is 0 Å². The Labute approximate surface area is 124 Å². The summed E-state index contributed by atoms with van der Waals surface area (Å²) in [6.07, 6.45) is 3.50. The molecule has 0 spiro atoms. The van der Waals surface area contributed by atoms with Gasteiger partial charge in [-0.2, -0.15) is 5.10 Å². The summed E-state index contributed by atoms with van der Waals surface area (Å²) in [6.45, 7) is 7.80. The van der Waals surface area contributed by atoms with Crippen LogP contribution < -0.4 is 0 Å². The molecule has 1 aromatic rings. The molecule has 1 fully saturated rings. The summed E-state index contributed by atoms with van der Waals surface area (Å²) in [5.41, 5.74) is 1.41. The number of aromatic nitrogens is 2. The zero-order valence-electron chi connectivity index (χ0n) is 13.0. The van der Waals surface area contributed by atoms with Crippen molar-refractivity contribution >= 4 is 11.9 Å². The van der Waals surface area contributed by atoms with Crippen molar-refractivity contribution in [1.29, 1.82) is 0 Å². The molecule has 0 aromatic carbocycles. The third-order valence-corrected chi connectivity index (χ3v) is 3.90. The zero-order chi connectivity index (χ0) is 15.7. The summed E-state index contributed by atoms with van der Waals surface area (Å²) >= 11 is 0. The van der Waals surface area contributed by atoms with Crippen LogP contribution in [-0.4, -0.2) is 44.3 Å². The molecule has 0 saturated heterocycles. The summed E-state index contributed by atoms with van der Waals surface area (Å²) in [4.78, 5) is 25.5. The van der Waals surface area contributed by atoms with Gasteiger partial charge in [0.05, 0.1) is 17.7 Å². The molecule has 0 radical (unpaired) electrons. The van der Waals surface area contributed by atoms with Crippen molar-refractivity contribution in [3.63, 3.8) is 0 Å². The molecule has 6 heteroatoms. The summed E-state index contributed by atoms with van der Waals surface area (Å²) in [6, 6.07) is 0.375. The van der Waals surface area contributed by atoms with Gasteiger partial charge in [-0.25, -0.2) is 0 Å². The monoisotopic (exact) mass is 293 g/mol. The van der Waals surface area contributed by atoms with Gasteiger partial charge >= 0.3 is 5.97 Å². The lowest BCUT2D eigenvalue weighted by molar-refractivity contribution is -0.141. The number of carbonyl (C=O) groups is 2. The fourth-order valence-electron chi connectivity index (χ4n) is 2.47. The van der Waals surface area contributed by atoms with Crippen molar-refractivity contribution in [2.75, 3.05) is 6.54 Å². The summed E-state index contributed by atoms with van der Waals surface area (Å²) < 4.78 is 1.82. The fraction of sp³-hybridized carbons (Fsp3) is 0.667. The summed E-state index contributed by atoms with van der Waals surface area (Å²) in [7, 11) is 0. The van der Waals surface area contributed by atoms with Gasteiger partial charge in [-0.05, 0) is 33.6 Å². The lowest BCUT2D eigenvalue weighted by Gasteiger charge is -2.24. The van der Waals surface area contributed by atoms with Crippen LogP contribution in [-0.2, 0) is 4.79 Å². The third kappa shape index (κ3) is 3.25. The number of hydrogen-bond acceptors (Lipinski definition) is 3. The minimum absolute atomic E-state index is 0.102. The maximum atomic E-state index is 12.7. The van der Waals surface area contributed by atoms with Gasteiger partial charge in [0.2, 0.25) is 0 Å². The third-order valence-electron chi connectivity index (χ3n) is 3.90. The SMILES string of the molecule is Cc1c(C(=O)N(CC(C)C(=O)O)C2CC2)cnn1C(C)C. The normalized spacial score (nSPS) is 16.0. The molecule has 2 rings (SSSR count). The van der Waals surface area contributed by atoms with E-state index in [1.807, 2.05) is 25.5 Å². The first-order chi connectivity index (χ1) is 9.82. The molecule has 0 bridgehead atoms. The average molecular weight is 293 g/mol. The highest BCUT2D eigenvalue weighted by Gasteiger charge is 2.36. The first kappa shape index (κ1) is 15.5. The zero-order valence-corrected chi connectivity index (χ0v) is 13.0. The number of hydrogen-bond donors (Lipinski definition) is 1. The van der Waals surface area contributed by atoms with Crippen LogP contribution in [0.5, 0.6) is 0 Å². The lowest BCUT2D eigenvalue weighted by Crippen LogP contribution is -2.38. The predicted molar refractivity (Wildman–Crippen MR) is 78.2 cm³/mol. The lowest BCUT2D eigenvalue weighted by atomic mass is 10.1. The smallest absolute Gasteiger partial charge is 0.308 e. The second-order valence-electron chi connectivity index (χ2n) is 6.11. The van der Waals surface area contributed by atoms with E-state index < -0.39 is 11.9 Å². The molecule has 1 atom stereocenters. The minimum atomic E-state index is -0.872. The van der Waals surface area contributed by atoms with Gasteiger partial charge in [0.25, 0.3) is 5.91 Å². The predicted octanol–water partition coefficient (Wildman–Crippen LogP) is 2.10. The highest BCUT2D eigenvalue weighted by molar-refractivity contribution is 5.95. The van der Waals surface area contributed by atoms with Crippen LogP contribution in [0.4, 0.5) is 0 Å². The van der Waals surface area contributed by atoms with Crippen molar-refractivity contribution in [3.8, 4) is 0 Å². The Morgan fingerprint density at radius 1 is 1.43 bits per heavy atom. The van der Waals surface area contributed by atoms with E-state index >= 15 is 0 Å². The first-order valence-corrected chi connectivity index (χ1v) is 7.40. The van der Waals surface area contributed by atoms with Gasteiger partial charge in [0, 0.05) is 24.3 Å². The standard InChI is InChI=1S/C15H23N3O3/c1-9(2)18-11(4)13(7-16-18)14(19)17(12-5-6-12)8-10(3)15(20)21/h7,9-10,12H,5-6,8H2,1-4H3,(H,20,21). The molecule has 1 heterocycles. The van der Waals surface area contributed by atoms with Gasteiger partial charge in [0.15, 0.2) is 0 Å². The van der Waals surface area contributed by atoms with E-state index in [1.54, 1.807) is 18.0 Å². The van der Waals surface area contributed by atoms with E-state index in [0.717, 1.165) is 18.5 Å². The Morgan fingerprint density at radius 2 is 2.05 bits per heavy atom. The minimum Gasteiger partial charge on any atom is -0.481 e. The number of aliphatic carboxylic acids is 1. The van der Waals surface area contributed by atoms with Crippen LogP contribution in [0.3, 0.4) is 0 Å². The Morgan fingerprint density at radius 3 is 2.48 bits per heavy atom. The molecule has 1 amide bonds. The maximum Gasteiger partial charge on any atom is 0.308 e. The highest BCUT2D eigenvalue weighted by Crippen LogP contribution is 2.30. The van der Waals surface area contributed by atoms with Crippen LogP contribution in [0.1, 0.15) is 55.7 Å². The molecule has 1 aliphatic carbocycles. The second-order valence-corrected chi connectivity index (χ2v) is 6.11. The number of rotatable bonds is 6. The molecule has 6 nitrogen and oxygen atoms in total. The molecule has 1 N–H and O–H groups in total. The summed E-state index contributed by atoms with van der Waals surface area (Å²) in [5, 5.41) is 13.3. The molecule has 1 saturated carbocycles. The van der Waals surface area contributed by atoms with Gasteiger partial charge in [-0.3, -0.25) is 14.3 Å². The quantitative estimate of drug-likeness (QED) is 0.871. The van der Waals surface area contributed by atoms with Gasteiger partial charge in [-0.1, -0.05) is 6.92 Å². The number of nitrogens with zero attached hydrogens (tertiary/aromatic N) is 3. The van der Waals surface area contributed by atoms with Gasteiger partial charge in [0.1, 0.15) is 0 Å². The average Bonchev–Trinajstić information content (AvgIpc) is 3.17.